The second-order valence-electron chi connectivity index (χ2n) is 8.29. The molecule has 1 N–H and O–H groups in total. The molecule has 142 valence electrons. The van der Waals surface area contributed by atoms with Crippen LogP contribution in [0.2, 0.25) is 0 Å². The van der Waals surface area contributed by atoms with Crippen molar-refractivity contribution in [2.45, 2.75) is 103 Å². The van der Waals surface area contributed by atoms with Crippen molar-refractivity contribution in [3.63, 3.8) is 0 Å². The lowest BCUT2D eigenvalue weighted by Gasteiger charge is -2.04. The molecular weight excluding hydrogens is 304 g/mol. The lowest BCUT2D eigenvalue weighted by atomic mass is 10.0. The maximum Gasteiger partial charge on any atom is 0.115 e. The first-order chi connectivity index (χ1) is 12.3. The monoisotopic (exact) mass is 344 g/mol. The van der Waals surface area contributed by atoms with Gasteiger partial charge in [-0.2, -0.15) is 0 Å². The Labute approximate surface area is 156 Å². The van der Waals surface area contributed by atoms with E-state index in [9.17, 15) is 5.11 Å². The number of rotatable bonds is 15. The Morgan fingerprint density at radius 3 is 1.84 bits per heavy atom. The molecule has 1 nitrogen and oxygen atoms in total. The Morgan fingerprint density at radius 2 is 1.24 bits per heavy atom. The van der Waals surface area contributed by atoms with Crippen molar-refractivity contribution in [1.29, 1.82) is 0 Å². The highest BCUT2D eigenvalue weighted by Crippen LogP contribution is 2.45. The van der Waals surface area contributed by atoms with Crippen LogP contribution in [0.1, 0.15) is 102 Å². The fraction of sp³-hybridized carbons (Fsp3) is 0.750. The number of phenols is 1. The smallest absolute Gasteiger partial charge is 0.115 e. The fourth-order valence-corrected chi connectivity index (χ4v) is 4.10. The number of aromatic hydroxyl groups is 1. The summed E-state index contributed by atoms with van der Waals surface area (Å²) in [6, 6.07) is 7.75. The van der Waals surface area contributed by atoms with Crippen molar-refractivity contribution in [2.24, 2.45) is 11.8 Å². The van der Waals surface area contributed by atoms with Gasteiger partial charge in [0, 0.05) is 0 Å². The van der Waals surface area contributed by atoms with E-state index in [2.05, 4.69) is 19.1 Å². The molecule has 0 aliphatic heterocycles. The van der Waals surface area contributed by atoms with Crippen LogP contribution in [0.25, 0.3) is 0 Å². The van der Waals surface area contributed by atoms with E-state index in [1.807, 2.05) is 12.1 Å². The van der Waals surface area contributed by atoms with E-state index in [4.69, 9.17) is 0 Å². The van der Waals surface area contributed by atoms with Crippen molar-refractivity contribution < 1.29 is 5.11 Å². The van der Waals surface area contributed by atoms with E-state index < -0.39 is 0 Å². The van der Waals surface area contributed by atoms with Crippen LogP contribution in [0.3, 0.4) is 0 Å². The van der Waals surface area contributed by atoms with Gasteiger partial charge in [0.15, 0.2) is 0 Å². The van der Waals surface area contributed by atoms with E-state index >= 15 is 0 Å². The van der Waals surface area contributed by atoms with E-state index in [0.717, 1.165) is 11.8 Å². The van der Waals surface area contributed by atoms with E-state index in [1.54, 1.807) is 0 Å². The SMILES string of the molecule is CCCCCCCCCCCCCC1CC1CCc1ccc(O)cc1. The third-order valence-corrected chi connectivity index (χ3v) is 5.99. The van der Waals surface area contributed by atoms with Gasteiger partial charge >= 0.3 is 0 Å². The fourth-order valence-electron chi connectivity index (χ4n) is 4.10. The van der Waals surface area contributed by atoms with Crippen LogP contribution in [0, 0.1) is 11.8 Å². The van der Waals surface area contributed by atoms with Gasteiger partial charge in [0.1, 0.15) is 5.75 Å². The zero-order valence-electron chi connectivity index (χ0n) is 16.5. The number of hydrogen-bond acceptors (Lipinski definition) is 1. The van der Waals surface area contributed by atoms with Crippen LogP contribution in [-0.2, 0) is 6.42 Å². The molecule has 0 aromatic heterocycles. The van der Waals surface area contributed by atoms with Gasteiger partial charge in [-0.1, -0.05) is 96.1 Å². The zero-order chi connectivity index (χ0) is 17.7. The molecule has 0 bridgehead atoms. The molecular formula is C24H40O. The molecule has 1 heteroatoms. The Balaban J connectivity index is 1.35. The predicted octanol–water partition coefficient (Wildman–Crippen LogP) is 7.66. The van der Waals surface area contributed by atoms with Gasteiger partial charge in [-0.05, 0) is 48.8 Å². The van der Waals surface area contributed by atoms with Crippen LogP contribution >= 0.6 is 0 Å². The lowest BCUT2D eigenvalue weighted by molar-refractivity contribution is 0.475. The third kappa shape index (κ3) is 9.33. The normalized spacial score (nSPS) is 19.2. The van der Waals surface area contributed by atoms with Crippen molar-refractivity contribution in [2.75, 3.05) is 0 Å². The molecule has 0 radical (unpaired) electrons. The van der Waals surface area contributed by atoms with Crippen LogP contribution in [0.5, 0.6) is 5.75 Å². The van der Waals surface area contributed by atoms with Crippen molar-refractivity contribution in [3.05, 3.63) is 29.8 Å². The molecule has 1 fully saturated rings. The quantitative estimate of drug-likeness (QED) is 0.324. The second-order valence-corrected chi connectivity index (χ2v) is 8.29. The molecule has 0 amide bonds. The van der Waals surface area contributed by atoms with Gasteiger partial charge in [-0.25, -0.2) is 0 Å². The summed E-state index contributed by atoms with van der Waals surface area (Å²) in [5.74, 6) is 2.39. The molecule has 1 aromatic carbocycles. The molecule has 1 aromatic rings. The van der Waals surface area contributed by atoms with Crippen LogP contribution < -0.4 is 0 Å². The molecule has 0 spiro atoms. The van der Waals surface area contributed by atoms with E-state index in [1.165, 1.54) is 102 Å². The third-order valence-electron chi connectivity index (χ3n) is 5.99. The summed E-state index contributed by atoms with van der Waals surface area (Å²) < 4.78 is 0. The van der Waals surface area contributed by atoms with Gasteiger partial charge in [0.25, 0.3) is 0 Å². The van der Waals surface area contributed by atoms with Gasteiger partial charge in [0.05, 0.1) is 0 Å². The molecule has 0 heterocycles. The minimum absolute atomic E-state index is 0.379. The van der Waals surface area contributed by atoms with Gasteiger partial charge in [-0.3, -0.25) is 0 Å². The standard InChI is InChI=1S/C24H40O/c1-2-3-4-5-6-7-8-9-10-11-12-13-22-20-23(22)17-14-21-15-18-24(25)19-16-21/h15-16,18-19,22-23,25H,2-14,17,20H2,1H3. The predicted molar refractivity (Wildman–Crippen MR) is 109 cm³/mol. The number of benzene rings is 1. The topological polar surface area (TPSA) is 20.2 Å². The summed E-state index contributed by atoms with van der Waals surface area (Å²) in [6.45, 7) is 2.29. The number of hydrogen-bond donors (Lipinski definition) is 1. The first-order valence-corrected chi connectivity index (χ1v) is 11.1. The Bertz CT molecular complexity index is 436. The van der Waals surface area contributed by atoms with E-state index in [0.29, 0.717) is 5.75 Å². The highest BCUT2D eigenvalue weighted by atomic mass is 16.3. The summed E-state index contributed by atoms with van der Waals surface area (Å²) in [5, 5.41) is 9.32. The Kier molecular flexibility index (Phi) is 10.1. The van der Waals surface area contributed by atoms with Gasteiger partial charge in [0.2, 0.25) is 0 Å². The van der Waals surface area contributed by atoms with Crippen LogP contribution in [-0.4, -0.2) is 5.11 Å². The van der Waals surface area contributed by atoms with Crippen LogP contribution in [0.4, 0.5) is 0 Å². The maximum atomic E-state index is 9.32. The second kappa shape index (κ2) is 12.4. The highest BCUT2D eigenvalue weighted by molar-refractivity contribution is 5.26. The van der Waals surface area contributed by atoms with Crippen LogP contribution in [0.15, 0.2) is 24.3 Å². The summed E-state index contributed by atoms with van der Waals surface area (Å²) in [4.78, 5) is 0. The summed E-state index contributed by atoms with van der Waals surface area (Å²) >= 11 is 0. The van der Waals surface area contributed by atoms with Crippen molar-refractivity contribution in [3.8, 4) is 5.75 Å². The minimum atomic E-state index is 0.379. The number of aryl methyl sites for hydroxylation is 1. The first-order valence-electron chi connectivity index (χ1n) is 11.1. The lowest BCUT2D eigenvalue weighted by Crippen LogP contribution is -1.90. The minimum Gasteiger partial charge on any atom is -0.508 e. The highest BCUT2D eigenvalue weighted by Gasteiger charge is 2.35. The number of phenolic OH excluding ortho intramolecular Hbond substituents is 1. The molecule has 1 aliphatic rings. The zero-order valence-corrected chi connectivity index (χ0v) is 16.5. The molecule has 1 saturated carbocycles. The molecule has 1 aliphatic carbocycles. The van der Waals surface area contributed by atoms with Gasteiger partial charge in [-0.15, -0.1) is 0 Å². The molecule has 25 heavy (non-hydrogen) atoms. The maximum absolute atomic E-state index is 9.32. The summed E-state index contributed by atoms with van der Waals surface area (Å²) in [7, 11) is 0. The molecule has 0 saturated heterocycles. The average molecular weight is 345 g/mol. The van der Waals surface area contributed by atoms with E-state index in [-0.39, 0.29) is 0 Å². The van der Waals surface area contributed by atoms with Crippen molar-refractivity contribution >= 4 is 0 Å². The molecule has 2 rings (SSSR count). The summed E-state index contributed by atoms with van der Waals surface area (Å²) in [5.41, 5.74) is 1.37. The average Bonchev–Trinajstić information content (AvgIpc) is 3.37. The summed E-state index contributed by atoms with van der Waals surface area (Å²) in [6.07, 6.45) is 21.4. The van der Waals surface area contributed by atoms with Crippen molar-refractivity contribution in [1.82, 2.24) is 0 Å². The first kappa shape index (κ1) is 20.3. The number of unbranched alkanes of at least 4 members (excludes halogenated alkanes) is 10. The Morgan fingerprint density at radius 1 is 0.720 bits per heavy atom. The molecule has 2 unspecified atom stereocenters. The van der Waals surface area contributed by atoms with Gasteiger partial charge < -0.3 is 5.11 Å². The Hall–Kier alpha value is -0.980. The largest absolute Gasteiger partial charge is 0.508 e. The molecule has 2 atom stereocenters.